The molecule has 4 heteroatoms. The smallest absolute Gasteiger partial charge is 0.240 e. The summed E-state index contributed by atoms with van der Waals surface area (Å²) >= 11 is 0. The Labute approximate surface area is 116 Å². The molecule has 0 bridgehead atoms. The van der Waals surface area contributed by atoms with Gasteiger partial charge in [-0.2, -0.15) is 0 Å². The number of likely N-dealkylation sites (tertiary alicyclic amines) is 2. The van der Waals surface area contributed by atoms with Crippen LogP contribution in [0.5, 0.6) is 0 Å². The van der Waals surface area contributed by atoms with Gasteiger partial charge in [-0.3, -0.25) is 14.5 Å². The van der Waals surface area contributed by atoms with Crippen LogP contribution in [0.1, 0.15) is 52.9 Å². The topological polar surface area (TPSA) is 40.6 Å². The number of carbonyl (C=O) groups is 2. The SMILES string of the molecule is CC(=O)C[C@@H]1CCCN1C(=O)[C@@H]1CCCN1C(C)C. The van der Waals surface area contributed by atoms with Crippen LogP contribution < -0.4 is 0 Å². The molecular formula is C15H26N2O2. The summed E-state index contributed by atoms with van der Waals surface area (Å²) in [5, 5.41) is 0. The van der Waals surface area contributed by atoms with Crippen molar-refractivity contribution in [3.63, 3.8) is 0 Å². The summed E-state index contributed by atoms with van der Waals surface area (Å²) in [6, 6.07) is 0.623. The van der Waals surface area contributed by atoms with Crippen molar-refractivity contribution in [2.75, 3.05) is 13.1 Å². The lowest BCUT2D eigenvalue weighted by Gasteiger charge is -2.33. The van der Waals surface area contributed by atoms with E-state index in [9.17, 15) is 9.59 Å². The van der Waals surface area contributed by atoms with Crippen molar-refractivity contribution in [1.82, 2.24) is 9.80 Å². The molecule has 2 saturated heterocycles. The number of nitrogens with zero attached hydrogens (tertiary/aromatic N) is 2. The van der Waals surface area contributed by atoms with Crippen LogP contribution in [-0.2, 0) is 9.59 Å². The second-order valence-corrected chi connectivity index (χ2v) is 6.22. The Morgan fingerprint density at radius 3 is 2.47 bits per heavy atom. The Morgan fingerprint density at radius 2 is 1.84 bits per heavy atom. The summed E-state index contributed by atoms with van der Waals surface area (Å²) in [6.45, 7) is 7.79. The van der Waals surface area contributed by atoms with E-state index in [-0.39, 0.29) is 23.8 Å². The summed E-state index contributed by atoms with van der Waals surface area (Å²) in [7, 11) is 0. The molecule has 0 aliphatic carbocycles. The Balaban J connectivity index is 2.03. The Morgan fingerprint density at radius 1 is 1.16 bits per heavy atom. The lowest BCUT2D eigenvalue weighted by atomic mass is 10.1. The van der Waals surface area contributed by atoms with Crippen LogP contribution in [0.15, 0.2) is 0 Å². The van der Waals surface area contributed by atoms with E-state index in [1.807, 2.05) is 4.90 Å². The molecule has 4 nitrogen and oxygen atoms in total. The van der Waals surface area contributed by atoms with Gasteiger partial charge >= 0.3 is 0 Å². The van der Waals surface area contributed by atoms with Gasteiger partial charge in [0, 0.05) is 25.0 Å². The van der Waals surface area contributed by atoms with Crippen LogP contribution >= 0.6 is 0 Å². The van der Waals surface area contributed by atoms with Crippen molar-refractivity contribution in [3.8, 4) is 0 Å². The van der Waals surface area contributed by atoms with E-state index in [1.165, 1.54) is 0 Å². The number of ketones is 1. The molecule has 0 aromatic rings. The number of carbonyl (C=O) groups excluding carboxylic acids is 2. The number of rotatable bonds is 4. The molecule has 0 unspecified atom stereocenters. The predicted molar refractivity (Wildman–Crippen MR) is 74.9 cm³/mol. The number of hydrogen-bond acceptors (Lipinski definition) is 3. The van der Waals surface area contributed by atoms with Gasteiger partial charge in [-0.1, -0.05) is 0 Å². The van der Waals surface area contributed by atoms with Crippen LogP contribution in [0.25, 0.3) is 0 Å². The molecular weight excluding hydrogens is 240 g/mol. The maximum atomic E-state index is 12.7. The fourth-order valence-corrected chi connectivity index (χ4v) is 3.53. The summed E-state index contributed by atoms with van der Waals surface area (Å²) in [5.41, 5.74) is 0. The number of amides is 1. The van der Waals surface area contributed by atoms with Gasteiger partial charge in [-0.25, -0.2) is 0 Å². The molecule has 1 amide bonds. The maximum Gasteiger partial charge on any atom is 0.240 e. The standard InChI is InChI=1S/C15H26N2O2/c1-11(2)16-8-5-7-14(16)15(19)17-9-4-6-13(17)10-12(3)18/h11,13-14H,4-10H2,1-3H3/t13-,14-/m0/s1. The lowest BCUT2D eigenvalue weighted by Crippen LogP contribution is -2.49. The lowest BCUT2D eigenvalue weighted by molar-refractivity contribution is -0.137. The minimum Gasteiger partial charge on any atom is -0.338 e. The van der Waals surface area contributed by atoms with Gasteiger partial charge in [-0.15, -0.1) is 0 Å². The minimum absolute atomic E-state index is 0.0487. The first kappa shape index (κ1) is 14.5. The third kappa shape index (κ3) is 3.16. The molecule has 2 atom stereocenters. The third-order valence-electron chi connectivity index (χ3n) is 4.43. The average molecular weight is 266 g/mol. The highest BCUT2D eigenvalue weighted by Gasteiger charge is 2.38. The molecule has 0 aromatic heterocycles. The van der Waals surface area contributed by atoms with Gasteiger partial charge in [0.1, 0.15) is 5.78 Å². The maximum absolute atomic E-state index is 12.7. The van der Waals surface area contributed by atoms with Crippen LogP contribution in [0.4, 0.5) is 0 Å². The van der Waals surface area contributed by atoms with Crippen LogP contribution in [0.3, 0.4) is 0 Å². The highest BCUT2D eigenvalue weighted by molar-refractivity contribution is 5.84. The first-order valence-corrected chi connectivity index (χ1v) is 7.56. The second-order valence-electron chi connectivity index (χ2n) is 6.22. The molecule has 108 valence electrons. The van der Waals surface area contributed by atoms with Gasteiger partial charge in [0.2, 0.25) is 5.91 Å². The fraction of sp³-hybridized carbons (Fsp3) is 0.867. The van der Waals surface area contributed by atoms with Gasteiger partial charge in [0.05, 0.1) is 6.04 Å². The van der Waals surface area contributed by atoms with E-state index in [2.05, 4.69) is 18.7 Å². The molecule has 0 spiro atoms. The Bertz CT molecular complexity index is 354. The van der Waals surface area contributed by atoms with Gasteiger partial charge in [0.15, 0.2) is 0 Å². The van der Waals surface area contributed by atoms with Crippen molar-refractivity contribution < 1.29 is 9.59 Å². The van der Waals surface area contributed by atoms with E-state index >= 15 is 0 Å². The van der Waals surface area contributed by atoms with E-state index < -0.39 is 0 Å². The molecule has 0 radical (unpaired) electrons. The second kappa shape index (κ2) is 6.04. The zero-order valence-corrected chi connectivity index (χ0v) is 12.4. The summed E-state index contributed by atoms with van der Waals surface area (Å²) < 4.78 is 0. The van der Waals surface area contributed by atoms with Crippen molar-refractivity contribution >= 4 is 11.7 Å². The first-order valence-electron chi connectivity index (χ1n) is 7.56. The zero-order valence-electron chi connectivity index (χ0n) is 12.4. The predicted octanol–water partition coefficient (Wildman–Crippen LogP) is 1.83. The average Bonchev–Trinajstić information content (AvgIpc) is 2.94. The van der Waals surface area contributed by atoms with Gasteiger partial charge in [-0.05, 0) is 53.0 Å². The largest absolute Gasteiger partial charge is 0.338 e. The van der Waals surface area contributed by atoms with Crippen LogP contribution in [0.2, 0.25) is 0 Å². The summed E-state index contributed by atoms with van der Waals surface area (Å²) in [5.74, 6) is 0.451. The van der Waals surface area contributed by atoms with Crippen LogP contribution in [-0.4, -0.2) is 52.7 Å². The quantitative estimate of drug-likeness (QED) is 0.779. The van der Waals surface area contributed by atoms with E-state index in [0.29, 0.717) is 12.5 Å². The molecule has 2 aliphatic heterocycles. The highest BCUT2D eigenvalue weighted by atomic mass is 16.2. The molecule has 0 saturated carbocycles. The molecule has 0 aromatic carbocycles. The molecule has 2 heterocycles. The Kier molecular flexibility index (Phi) is 4.61. The minimum atomic E-state index is 0.0487. The van der Waals surface area contributed by atoms with Gasteiger partial charge < -0.3 is 4.90 Å². The Hall–Kier alpha value is -0.900. The van der Waals surface area contributed by atoms with E-state index in [4.69, 9.17) is 0 Å². The molecule has 0 N–H and O–H groups in total. The van der Waals surface area contributed by atoms with E-state index in [1.54, 1.807) is 6.92 Å². The monoisotopic (exact) mass is 266 g/mol. The molecule has 2 fully saturated rings. The van der Waals surface area contributed by atoms with Crippen molar-refractivity contribution in [2.45, 2.75) is 71.0 Å². The van der Waals surface area contributed by atoms with Crippen LogP contribution in [0, 0.1) is 0 Å². The van der Waals surface area contributed by atoms with Crippen molar-refractivity contribution in [2.24, 2.45) is 0 Å². The normalized spacial score (nSPS) is 28.3. The summed E-state index contributed by atoms with van der Waals surface area (Å²) in [6.07, 6.45) is 4.64. The first-order chi connectivity index (χ1) is 9.00. The number of hydrogen-bond donors (Lipinski definition) is 0. The summed E-state index contributed by atoms with van der Waals surface area (Å²) in [4.78, 5) is 28.3. The number of Topliss-reactive ketones (excluding diaryl/α,β-unsaturated/α-hetero) is 1. The molecule has 2 rings (SSSR count). The van der Waals surface area contributed by atoms with Crippen molar-refractivity contribution in [1.29, 1.82) is 0 Å². The zero-order chi connectivity index (χ0) is 14.0. The van der Waals surface area contributed by atoms with Crippen molar-refractivity contribution in [3.05, 3.63) is 0 Å². The molecule has 19 heavy (non-hydrogen) atoms. The fourth-order valence-electron chi connectivity index (χ4n) is 3.53. The van der Waals surface area contributed by atoms with Gasteiger partial charge in [0.25, 0.3) is 0 Å². The third-order valence-corrected chi connectivity index (χ3v) is 4.43. The molecule has 2 aliphatic rings. The highest BCUT2D eigenvalue weighted by Crippen LogP contribution is 2.27. The van der Waals surface area contributed by atoms with E-state index in [0.717, 1.165) is 38.8 Å².